The second kappa shape index (κ2) is 6.88. The lowest BCUT2D eigenvalue weighted by atomic mass is 10.1. The third kappa shape index (κ3) is 4.05. The van der Waals surface area contributed by atoms with Gasteiger partial charge in [-0.1, -0.05) is 12.1 Å². The molecule has 3 N–H and O–H groups in total. The standard InChI is InChI=1S/C12H17NO4/c1-9-3-2-4-10(12(15)16)11(9)13-5-7-17-8-6-14/h2-4,13-14H,5-8H2,1H3,(H,15,16). The second-order valence-electron chi connectivity index (χ2n) is 3.57. The number of rotatable bonds is 7. The topological polar surface area (TPSA) is 78.8 Å². The SMILES string of the molecule is Cc1cccc(C(=O)O)c1NCCOCCO. The summed E-state index contributed by atoms with van der Waals surface area (Å²) < 4.78 is 5.08. The van der Waals surface area contributed by atoms with Gasteiger partial charge in [0, 0.05) is 6.54 Å². The molecule has 5 nitrogen and oxygen atoms in total. The first-order valence-electron chi connectivity index (χ1n) is 5.42. The lowest BCUT2D eigenvalue weighted by molar-refractivity contribution is 0.0697. The predicted molar refractivity (Wildman–Crippen MR) is 64.5 cm³/mol. The normalized spacial score (nSPS) is 10.2. The number of aliphatic hydroxyl groups excluding tert-OH is 1. The molecule has 0 unspecified atom stereocenters. The van der Waals surface area contributed by atoms with E-state index in [-0.39, 0.29) is 12.2 Å². The third-order valence-electron chi connectivity index (χ3n) is 2.29. The van der Waals surface area contributed by atoms with Crippen LogP contribution in [0.1, 0.15) is 15.9 Å². The van der Waals surface area contributed by atoms with E-state index >= 15 is 0 Å². The molecule has 0 aliphatic carbocycles. The van der Waals surface area contributed by atoms with Gasteiger partial charge in [-0.3, -0.25) is 0 Å². The molecular weight excluding hydrogens is 222 g/mol. The highest BCUT2D eigenvalue weighted by molar-refractivity contribution is 5.95. The Hall–Kier alpha value is -1.59. The molecular formula is C12H17NO4. The van der Waals surface area contributed by atoms with Crippen molar-refractivity contribution in [1.29, 1.82) is 0 Å². The zero-order chi connectivity index (χ0) is 12.7. The van der Waals surface area contributed by atoms with Gasteiger partial charge in [0.05, 0.1) is 31.1 Å². The summed E-state index contributed by atoms with van der Waals surface area (Å²) in [4.78, 5) is 11.0. The number of benzene rings is 1. The Balaban J connectivity index is 2.60. The van der Waals surface area contributed by atoms with Gasteiger partial charge in [-0.15, -0.1) is 0 Å². The maximum absolute atomic E-state index is 11.0. The van der Waals surface area contributed by atoms with Crippen LogP contribution in [0.25, 0.3) is 0 Å². The van der Waals surface area contributed by atoms with Crippen molar-refractivity contribution in [3.8, 4) is 0 Å². The van der Waals surface area contributed by atoms with Crippen molar-refractivity contribution in [1.82, 2.24) is 0 Å². The number of nitrogens with one attached hydrogen (secondary N) is 1. The summed E-state index contributed by atoms with van der Waals surface area (Å²) in [5, 5.41) is 20.6. The van der Waals surface area contributed by atoms with Gasteiger partial charge >= 0.3 is 5.97 Å². The van der Waals surface area contributed by atoms with Crippen LogP contribution in [0, 0.1) is 6.92 Å². The minimum Gasteiger partial charge on any atom is -0.478 e. The van der Waals surface area contributed by atoms with Crippen LogP contribution >= 0.6 is 0 Å². The highest BCUT2D eigenvalue weighted by Gasteiger charge is 2.10. The minimum atomic E-state index is -0.951. The molecule has 0 bridgehead atoms. The first-order chi connectivity index (χ1) is 8.16. The van der Waals surface area contributed by atoms with Crippen LogP contribution in [0.5, 0.6) is 0 Å². The van der Waals surface area contributed by atoms with Crippen molar-refractivity contribution in [2.45, 2.75) is 6.92 Å². The molecule has 1 rings (SSSR count). The Labute approximate surface area is 100 Å². The molecule has 1 aromatic rings. The summed E-state index contributed by atoms with van der Waals surface area (Å²) in [6.45, 7) is 3.06. The average molecular weight is 239 g/mol. The Morgan fingerprint density at radius 3 is 2.82 bits per heavy atom. The summed E-state index contributed by atoms with van der Waals surface area (Å²) in [5.41, 5.74) is 1.76. The number of aliphatic hydroxyl groups is 1. The van der Waals surface area contributed by atoms with E-state index in [9.17, 15) is 4.79 Å². The van der Waals surface area contributed by atoms with Gasteiger partial charge in [0.15, 0.2) is 0 Å². The molecule has 0 fully saturated rings. The first kappa shape index (κ1) is 13.5. The molecule has 0 spiro atoms. The third-order valence-corrected chi connectivity index (χ3v) is 2.29. The van der Waals surface area contributed by atoms with Gasteiger partial charge < -0.3 is 20.3 Å². The Bertz CT molecular complexity index is 379. The van der Waals surface area contributed by atoms with Gasteiger partial charge in [0.25, 0.3) is 0 Å². The molecule has 0 aliphatic heterocycles. The Morgan fingerprint density at radius 2 is 2.18 bits per heavy atom. The highest BCUT2D eigenvalue weighted by atomic mass is 16.5. The number of carboxylic acid groups (broad SMARTS) is 1. The maximum atomic E-state index is 11.0. The zero-order valence-electron chi connectivity index (χ0n) is 9.77. The largest absolute Gasteiger partial charge is 0.478 e. The minimum absolute atomic E-state index is 0.00919. The second-order valence-corrected chi connectivity index (χ2v) is 3.57. The lowest BCUT2D eigenvalue weighted by Crippen LogP contribution is -2.14. The number of aryl methyl sites for hydroxylation is 1. The molecule has 0 saturated heterocycles. The van der Waals surface area contributed by atoms with E-state index in [2.05, 4.69) is 5.32 Å². The van der Waals surface area contributed by atoms with Crippen LogP contribution in [-0.4, -0.2) is 42.5 Å². The van der Waals surface area contributed by atoms with Crippen molar-refractivity contribution < 1.29 is 19.7 Å². The number of hydrogen-bond acceptors (Lipinski definition) is 4. The van der Waals surface area contributed by atoms with Crippen molar-refractivity contribution in [3.63, 3.8) is 0 Å². The Morgan fingerprint density at radius 1 is 1.41 bits per heavy atom. The molecule has 0 aliphatic rings. The fourth-order valence-electron chi connectivity index (χ4n) is 1.50. The van der Waals surface area contributed by atoms with E-state index in [1.807, 2.05) is 13.0 Å². The molecule has 5 heteroatoms. The zero-order valence-corrected chi connectivity index (χ0v) is 9.77. The number of anilines is 1. The van der Waals surface area contributed by atoms with Crippen molar-refractivity contribution in [2.75, 3.05) is 31.7 Å². The van der Waals surface area contributed by atoms with E-state index in [0.29, 0.717) is 25.4 Å². The maximum Gasteiger partial charge on any atom is 0.337 e. The number of ether oxygens (including phenoxy) is 1. The summed E-state index contributed by atoms with van der Waals surface area (Å²) in [7, 11) is 0. The molecule has 0 radical (unpaired) electrons. The molecule has 0 amide bonds. The van der Waals surface area contributed by atoms with Crippen molar-refractivity contribution in [2.24, 2.45) is 0 Å². The van der Waals surface area contributed by atoms with Crippen LogP contribution in [0.4, 0.5) is 5.69 Å². The number of para-hydroxylation sites is 1. The van der Waals surface area contributed by atoms with Crippen LogP contribution in [-0.2, 0) is 4.74 Å². The molecule has 17 heavy (non-hydrogen) atoms. The van der Waals surface area contributed by atoms with E-state index < -0.39 is 5.97 Å². The smallest absolute Gasteiger partial charge is 0.337 e. The molecule has 94 valence electrons. The quantitative estimate of drug-likeness (QED) is 0.621. The van der Waals surface area contributed by atoms with Gasteiger partial charge in [0.1, 0.15) is 0 Å². The summed E-state index contributed by atoms with van der Waals surface area (Å²) in [5.74, 6) is -0.951. The highest BCUT2D eigenvalue weighted by Crippen LogP contribution is 2.20. The van der Waals surface area contributed by atoms with Gasteiger partial charge in [-0.05, 0) is 18.6 Å². The van der Waals surface area contributed by atoms with E-state index in [0.717, 1.165) is 5.56 Å². The van der Waals surface area contributed by atoms with Crippen LogP contribution in [0.2, 0.25) is 0 Å². The fourth-order valence-corrected chi connectivity index (χ4v) is 1.50. The van der Waals surface area contributed by atoms with Gasteiger partial charge in [-0.2, -0.15) is 0 Å². The first-order valence-corrected chi connectivity index (χ1v) is 5.42. The van der Waals surface area contributed by atoms with Crippen LogP contribution in [0.15, 0.2) is 18.2 Å². The molecule has 1 aromatic carbocycles. The summed E-state index contributed by atoms with van der Waals surface area (Å²) in [6.07, 6.45) is 0. The monoisotopic (exact) mass is 239 g/mol. The summed E-state index contributed by atoms with van der Waals surface area (Å²) >= 11 is 0. The van der Waals surface area contributed by atoms with E-state index in [1.54, 1.807) is 12.1 Å². The fraction of sp³-hybridized carbons (Fsp3) is 0.417. The van der Waals surface area contributed by atoms with E-state index in [1.165, 1.54) is 0 Å². The van der Waals surface area contributed by atoms with Crippen molar-refractivity contribution >= 4 is 11.7 Å². The predicted octanol–water partition coefficient (Wildman–Crippen LogP) is 1.11. The molecule has 0 aromatic heterocycles. The van der Waals surface area contributed by atoms with E-state index in [4.69, 9.17) is 14.9 Å². The van der Waals surface area contributed by atoms with Gasteiger partial charge in [0.2, 0.25) is 0 Å². The average Bonchev–Trinajstić information content (AvgIpc) is 2.30. The number of carboxylic acids is 1. The lowest BCUT2D eigenvalue weighted by Gasteiger charge is -2.12. The van der Waals surface area contributed by atoms with Crippen molar-refractivity contribution in [3.05, 3.63) is 29.3 Å². The molecule has 0 heterocycles. The van der Waals surface area contributed by atoms with Crippen LogP contribution < -0.4 is 5.32 Å². The van der Waals surface area contributed by atoms with Crippen LogP contribution in [0.3, 0.4) is 0 Å². The number of aromatic carboxylic acids is 1. The number of hydrogen-bond donors (Lipinski definition) is 3. The number of carbonyl (C=O) groups is 1. The molecule has 0 saturated carbocycles. The Kier molecular flexibility index (Phi) is 5.45. The molecule has 0 atom stereocenters. The van der Waals surface area contributed by atoms with Gasteiger partial charge in [-0.25, -0.2) is 4.79 Å². The summed E-state index contributed by atoms with van der Waals surface area (Å²) in [6, 6.07) is 5.13.